The number of hydrogen-bond acceptors (Lipinski definition) is 4. The van der Waals surface area contributed by atoms with E-state index in [1.54, 1.807) is 5.38 Å². The molecule has 4 aromatic rings. The SMILES string of the molecule is O=C(O)c1csc(C(Oc2ccccc2)c2cccc3ccccc23)n1. The average molecular weight is 361 g/mol. The lowest BCUT2D eigenvalue weighted by molar-refractivity contribution is 0.0691. The third-order valence-corrected chi connectivity index (χ3v) is 4.96. The molecule has 0 saturated carbocycles. The number of rotatable bonds is 5. The number of benzene rings is 3. The first-order chi connectivity index (χ1) is 12.7. The Morgan fingerprint density at radius 3 is 2.46 bits per heavy atom. The molecule has 1 aromatic heterocycles. The Hall–Kier alpha value is -3.18. The molecule has 0 aliphatic rings. The fraction of sp³-hybridized carbons (Fsp3) is 0.0476. The Bertz CT molecular complexity index is 1050. The van der Waals surface area contributed by atoms with Crippen LogP contribution >= 0.6 is 11.3 Å². The second-order valence-corrected chi connectivity index (χ2v) is 6.65. The highest BCUT2D eigenvalue weighted by atomic mass is 32.1. The molecular weight excluding hydrogens is 346 g/mol. The maximum atomic E-state index is 11.2. The molecule has 1 unspecified atom stereocenters. The zero-order chi connectivity index (χ0) is 17.9. The predicted molar refractivity (Wildman–Crippen MR) is 102 cm³/mol. The number of carbonyl (C=O) groups is 1. The molecule has 0 radical (unpaired) electrons. The average Bonchev–Trinajstić information content (AvgIpc) is 3.17. The number of fused-ring (bicyclic) bond motifs is 1. The molecule has 0 aliphatic carbocycles. The summed E-state index contributed by atoms with van der Waals surface area (Å²) in [6.45, 7) is 0. The van der Waals surface area contributed by atoms with Gasteiger partial charge in [-0.05, 0) is 22.9 Å². The molecule has 0 bridgehead atoms. The molecule has 0 saturated heterocycles. The standard InChI is InChI=1S/C21H15NO3S/c23-21(24)18-13-26-20(22-18)19(25-15-9-2-1-3-10-15)17-12-6-8-14-7-4-5-11-16(14)17/h1-13,19H,(H,23,24). The molecule has 3 aromatic carbocycles. The maximum Gasteiger partial charge on any atom is 0.355 e. The van der Waals surface area contributed by atoms with Gasteiger partial charge < -0.3 is 9.84 Å². The van der Waals surface area contributed by atoms with Gasteiger partial charge in [-0.15, -0.1) is 11.3 Å². The summed E-state index contributed by atoms with van der Waals surface area (Å²) < 4.78 is 6.24. The van der Waals surface area contributed by atoms with Crippen molar-refractivity contribution in [2.45, 2.75) is 6.10 Å². The van der Waals surface area contributed by atoms with E-state index < -0.39 is 12.1 Å². The lowest BCUT2D eigenvalue weighted by Crippen LogP contribution is -2.10. The summed E-state index contributed by atoms with van der Waals surface area (Å²) in [4.78, 5) is 15.5. The van der Waals surface area contributed by atoms with Crippen molar-refractivity contribution in [1.29, 1.82) is 0 Å². The number of nitrogens with zero attached hydrogens (tertiary/aromatic N) is 1. The van der Waals surface area contributed by atoms with Crippen LogP contribution in [0.1, 0.15) is 27.2 Å². The Labute approximate surface area is 154 Å². The number of ether oxygens (including phenoxy) is 1. The van der Waals surface area contributed by atoms with Gasteiger partial charge in [-0.2, -0.15) is 0 Å². The first-order valence-electron chi connectivity index (χ1n) is 8.10. The first kappa shape index (κ1) is 16.3. The molecule has 5 heteroatoms. The van der Waals surface area contributed by atoms with Crippen LogP contribution in [0.15, 0.2) is 78.2 Å². The van der Waals surface area contributed by atoms with Crippen molar-refractivity contribution in [1.82, 2.24) is 4.98 Å². The Morgan fingerprint density at radius 2 is 1.69 bits per heavy atom. The molecule has 128 valence electrons. The molecule has 1 N–H and O–H groups in total. The van der Waals surface area contributed by atoms with Crippen LogP contribution in [0, 0.1) is 0 Å². The Morgan fingerprint density at radius 1 is 0.962 bits per heavy atom. The van der Waals surface area contributed by atoms with E-state index in [9.17, 15) is 9.90 Å². The van der Waals surface area contributed by atoms with Crippen molar-refractivity contribution in [3.05, 3.63) is 94.4 Å². The van der Waals surface area contributed by atoms with E-state index in [4.69, 9.17) is 4.74 Å². The molecule has 0 aliphatic heterocycles. The minimum Gasteiger partial charge on any atom is -0.478 e. The van der Waals surface area contributed by atoms with Gasteiger partial charge in [0.2, 0.25) is 0 Å². The van der Waals surface area contributed by atoms with Crippen molar-refractivity contribution >= 4 is 28.1 Å². The predicted octanol–water partition coefficient (Wildman–Crippen LogP) is 5.16. The molecule has 1 atom stereocenters. The number of thiazole rings is 1. The normalized spacial score (nSPS) is 12.0. The lowest BCUT2D eigenvalue weighted by atomic mass is 10.0. The number of aromatic nitrogens is 1. The number of hydrogen-bond donors (Lipinski definition) is 1. The van der Waals surface area contributed by atoms with Gasteiger partial charge in [0.15, 0.2) is 11.8 Å². The third kappa shape index (κ3) is 3.17. The quantitative estimate of drug-likeness (QED) is 0.533. The van der Waals surface area contributed by atoms with E-state index in [-0.39, 0.29) is 5.69 Å². The van der Waals surface area contributed by atoms with Crippen LogP contribution in [-0.2, 0) is 0 Å². The van der Waals surface area contributed by atoms with E-state index in [0.717, 1.165) is 16.3 Å². The summed E-state index contributed by atoms with van der Waals surface area (Å²) in [6.07, 6.45) is -0.485. The Kier molecular flexibility index (Phi) is 4.37. The van der Waals surface area contributed by atoms with Gasteiger partial charge in [0.05, 0.1) is 0 Å². The molecule has 26 heavy (non-hydrogen) atoms. The second kappa shape index (κ2) is 6.98. The van der Waals surface area contributed by atoms with Crippen molar-refractivity contribution in [3.8, 4) is 5.75 Å². The third-order valence-electron chi connectivity index (χ3n) is 4.07. The summed E-state index contributed by atoms with van der Waals surface area (Å²) in [7, 11) is 0. The highest BCUT2D eigenvalue weighted by Gasteiger charge is 2.23. The van der Waals surface area contributed by atoms with Gasteiger partial charge in [0.1, 0.15) is 10.8 Å². The number of para-hydroxylation sites is 1. The zero-order valence-electron chi connectivity index (χ0n) is 13.7. The molecule has 0 spiro atoms. The molecule has 1 heterocycles. The second-order valence-electron chi connectivity index (χ2n) is 5.76. The summed E-state index contributed by atoms with van der Waals surface area (Å²) >= 11 is 1.29. The van der Waals surface area contributed by atoms with E-state index in [0.29, 0.717) is 10.8 Å². The smallest absolute Gasteiger partial charge is 0.355 e. The van der Waals surface area contributed by atoms with Crippen molar-refractivity contribution in [3.63, 3.8) is 0 Å². The van der Waals surface area contributed by atoms with Gasteiger partial charge in [-0.1, -0.05) is 60.7 Å². The summed E-state index contributed by atoms with van der Waals surface area (Å²) in [5.41, 5.74) is 0.991. The van der Waals surface area contributed by atoms with E-state index in [2.05, 4.69) is 4.98 Å². The maximum absolute atomic E-state index is 11.2. The monoisotopic (exact) mass is 361 g/mol. The van der Waals surface area contributed by atoms with Gasteiger partial charge in [-0.3, -0.25) is 0 Å². The number of carboxylic acid groups (broad SMARTS) is 1. The molecule has 4 rings (SSSR count). The summed E-state index contributed by atoms with van der Waals surface area (Å²) in [5, 5.41) is 13.5. The topological polar surface area (TPSA) is 59.4 Å². The van der Waals surface area contributed by atoms with E-state index >= 15 is 0 Å². The molecule has 0 amide bonds. The fourth-order valence-corrected chi connectivity index (χ4v) is 3.70. The first-order valence-corrected chi connectivity index (χ1v) is 8.98. The molecule has 0 fully saturated rings. The minimum atomic E-state index is -1.04. The van der Waals surface area contributed by atoms with Crippen LogP contribution in [0.5, 0.6) is 5.75 Å². The highest BCUT2D eigenvalue weighted by molar-refractivity contribution is 7.09. The zero-order valence-corrected chi connectivity index (χ0v) is 14.5. The van der Waals surface area contributed by atoms with Crippen LogP contribution in [0.2, 0.25) is 0 Å². The van der Waals surface area contributed by atoms with Crippen molar-refractivity contribution < 1.29 is 14.6 Å². The van der Waals surface area contributed by atoms with Crippen LogP contribution in [-0.4, -0.2) is 16.1 Å². The van der Waals surface area contributed by atoms with E-state index in [1.807, 2.05) is 72.8 Å². The van der Waals surface area contributed by atoms with Crippen LogP contribution < -0.4 is 4.74 Å². The number of aromatic carboxylic acids is 1. The Balaban J connectivity index is 1.85. The summed E-state index contributed by atoms with van der Waals surface area (Å²) in [6, 6.07) is 23.6. The van der Waals surface area contributed by atoms with Gasteiger partial charge >= 0.3 is 5.97 Å². The van der Waals surface area contributed by atoms with E-state index in [1.165, 1.54) is 11.3 Å². The molecule has 4 nitrogen and oxygen atoms in total. The van der Waals surface area contributed by atoms with Crippen LogP contribution in [0.4, 0.5) is 0 Å². The fourth-order valence-electron chi connectivity index (χ4n) is 2.87. The number of carboxylic acids is 1. The van der Waals surface area contributed by atoms with Gasteiger partial charge in [0, 0.05) is 10.9 Å². The largest absolute Gasteiger partial charge is 0.478 e. The molecular formula is C21H15NO3S. The summed E-state index contributed by atoms with van der Waals surface area (Å²) in [5.74, 6) is -0.332. The van der Waals surface area contributed by atoms with Gasteiger partial charge in [-0.25, -0.2) is 9.78 Å². The van der Waals surface area contributed by atoms with Crippen LogP contribution in [0.3, 0.4) is 0 Å². The highest BCUT2D eigenvalue weighted by Crippen LogP contribution is 2.34. The van der Waals surface area contributed by atoms with Crippen molar-refractivity contribution in [2.75, 3.05) is 0 Å². The van der Waals surface area contributed by atoms with Gasteiger partial charge in [0.25, 0.3) is 0 Å². The van der Waals surface area contributed by atoms with Crippen LogP contribution in [0.25, 0.3) is 10.8 Å². The minimum absolute atomic E-state index is 0.0342. The van der Waals surface area contributed by atoms with Crippen molar-refractivity contribution in [2.24, 2.45) is 0 Å². The lowest BCUT2D eigenvalue weighted by Gasteiger charge is -2.19.